The van der Waals surface area contributed by atoms with Crippen LogP contribution in [0.25, 0.3) is 10.1 Å². The third-order valence-electron chi connectivity index (χ3n) is 2.27. The summed E-state index contributed by atoms with van der Waals surface area (Å²) in [5.41, 5.74) is 0. The number of aliphatic imine (C=N–C) groups is 1. The fourth-order valence-corrected chi connectivity index (χ4v) is 3.02. The van der Waals surface area contributed by atoms with Crippen LogP contribution in [-0.4, -0.2) is 6.21 Å². The van der Waals surface area contributed by atoms with E-state index in [-0.39, 0.29) is 0 Å². The van der Waals surface area contributed by atoms with Crippen molar-refractivity contribution in [3.8, 4) is 0 Å². The summed E-state index contributed by atoms with van der Waals surface area (Å²) in [5, 5.41) is 4.40. The van der Waals surface area contributed by atoms with Gasteiger partial charge in [-0.15, -0.1) is 22.7 Å². The molecular weight excluding hydrogens is 234 g/mol. The minimum Gasteiger partial charge on any atom is -0.245 e. The highest BCUT2D eigenvalue weighted by molar-refractivity contribution is 7.22. The molecule has 2 aromatic heterocycles. The quantitative estimate of drug-likeness (QED) is 0.578. The Hall–Kier alpha value is -1.45. The lowest BCUT2D eigenvalue weighted by Gasteiger charge is -1.82. The van der Waals surface area contributed by atoms with Crippen LogP contribution in [-0.2, 0) is 0 Å². The van der Waals surface area contributed by atoms with Crippen LogP contribution in [0.3, 0.4) is 0 Å². The molecule has 0 saturated carbocycles. The molecule has 0 atom stereocenters. The van der Waals surface area contributed by atoms with Gasteiger partial charge in [-0.25, -0.2) is 4.99 Å². The molecule has 3 aromatic rings. The van der Waals surface area contributed by atoms with Crippen LogP contribution in [0.5, 0.6) is 0 Å². The van der Waals surface area contributed by atoms with Crippen LogP contribution < -0.4 is 0 Å². The molecule has 0 aliphatic rings. The highest BCUT2D eigenvalue weighted by Crippen LogP contribution is 2.31. The van der Waals surface area contributed by atoms with Gasteiger partial charge in [0.05, 0.1) is 0 Å². The number of rotatable bonds is 2. The van der Waals surface area contributed by atoms with Crippen molar-refractivity contribution in [2.75, 3.05) is 0 Å². The van der Waals surface area contributed by atoms with E-state index < -0.39 is 0 Å². The van der Waals surface area contributed by atoms with Crippen molar-refractivity contribution < 1.29 is 0 Å². The van der Waals surface area contributed by atoms with Crippen LogP contribution in [0, 0.1) is 0 Å². The average Bonchev–Trinajstić information content (AvgIpc) is 2.95. The second-order valence-electron chi connectivity index (χ2n) is 3.40. The van der Waals surface area contributed by atoms with Gasteiger partial charge < -0.3 is 0 Å². The van der Waals surface area contributed by atoms with Crippen molar-refractivity contribution in [2.45, 2.75) is 0 Å². The Labute approximate surface area is 102 Å². The van der Waals surface area contributed by atoms with E-state index in [1.165, 1.54) is 15.0 Å². The van der Waals surface area contributed by atoms with E-state index >= 15 is 0 Å². The van der Waals surface area contributed by atoms with E-state index in [2.05, 4.69) is 46.8 Å². The maximum Gasteiger partial charge on any atom is 0.117 e. The minimum atomic E-state index is 1.06. The fourth-order valence-electron chi connectivity index (χ4n) is 1.52. The van der Waals surface area contributed by atoms with Gasteiger partial charge in [0, 0.05) is 15.8 Å². The molecule has 0 amide bonds. The summed E-state index contributed by atoms with van der Waals surface area (Å²) < 4.78 is 1.29. The number of fused-ring (bicyclic) bond motifs is 1. The van der Waals surface area contributed by atoms with Crippen LogP contribution in [0.15, 0.2) is 52.8 Å². The lowest BCUT2D eigenvalue weighted by Crippen LogP contribution is -1.67. The predicted octanol–water partition coefficient (Wildman–Crippen LogP) is 4.71. The van der Waals surface area contributed by atoms with Crippen molar-refractivity contribution in [1.29, 1.82) is 0 Å². The maximum atomic E-state index is 4.49. The zero-order valence-corrected chi connectivity index (χ0v) is 10.1. The van der Waals surface area contributed by atoms with Gasteiger partial charge >= 0.3 is 0 Å². The van der Waals surface area contributed by atoms with Gasteiger partial charge in [-0.05, 0) is 29.0 Å². The van der Waals surface area contributed by atoms with Gasteiger partial charge in [0.15, 0.2) is 0 Å². The Kier molecular flexibility index (Phi) is 2.56. The fraction of sp³-hybridized carbons (Fsp3) is 0. The van der Waals surface area contributed by atoms with E-state index in [9.17, 15) is 0 Å². The van der Waals surface area contributed by atoms with E-state index in [0.717, 1.165) is 5.00 Å². The molecule has 2 heterocycles. The zero-order valence-electron chi connectivity index (χ0n) is 8.46. The first-order valence-corrected chi connectivity index (χ1v) is 6.67. The SMILES string of the molecule is C(=N/c1cc2ccccc2s1)/c1cccs1. The number of hydrogen-bond donors (Lipinski definition) is 0. The number of thiophene rings is 2. The minimum absolute atomic E-state index is 1.06. The van der Waals surface area contributed by atoms with Crippen molar-refractivity contribution >= 4 is 44.0 Å². The number of nitrogens with zero attached hydrogens (tertiary/aromatic N) is 1. The summed E-state index contributed by atoms with van der Waals surface area (Å²) in [7, 11) is 0. The molecule has 1 aromatic carbocycles. The monoisotopic (exact) mass is 243 g/mol. The third-order valence-corrected chi connectivity index (χ3v) is 4.11. The summed E-state index contributed by atoms with van der Waals surface area (Å²) in [5.74, 6) is 0. The van der Waals surface area contributed by atoms with Gasteiger partial charge in [0.25, 0.3) is 0 Å². The Morgan fingerprint density at radius 3 is 2.81 bits per heavy atom. The maximum absolute atomic E-state index is 4.49. The topological polar surface area (TPSA) is 12.4 Å². The first-order valence-electron chi connectivity index (χ1n) is 4.98. The molecule has 0 N–H and O–H groups in total. The zero-order chi connectivity index (χ0) is 10.8. The molecule has 78 valence electrons. The Morgan fingerprint density at radius 2 is 2.00 bits per heavy atom. The van der Waals surface area contributed by atoms with Crippen LogP contribution in [0.1, 0.15) is 4.88 Å². The molecule has 0 aliphatic carbocycles. The second-order valence-corrected chi connectivity index (χ2v) is 5.44. The lowest BCUT2D eigenvalue weighted by atomic mass is 10.3. The summed E-state index contributed by atoms with van der Waals surface area (Å²) in [6.45, 7) is 0. The highest BCUT2D eigenvalue weighted by atomic mass is 32.1. The van der Waals surface area contributed by atoms with Crippen LogP contribution in [0.2, 0.25) is 0 Å². The summed E-state index contributed by atoms with van der Waals surface area (Å²) in [6, 6.07) is 14.6. The van der Waals surface area contributed by atoms with E-state index in [0.29, 0.717) is 0 Å². The molecule has 0 aliphatic heterocycles. The average molecular weight is 243 g/mol. The molecule has 0 spiro atoms. The normalized spacial score (nSPS) is 11.5. The number of benzene rings is 1. The van der Waals surface area contributed by atoms with Crippen LogP contribution >= 0.6 is 22.7 Å². The molecule has 0 saturated heterocycles. The predicted molar refractivity (Wildman–Crippen MR) is 73.4 cm³/mol. The molecule has 0 unspecified atom stereocenters. The molecule has 3 heteroatoms. The summed E-state index contributed by atoms with van der Waals surface area (Å²) in [6.07, 6.45) is 1.93. The lowest BCUT2D eigenvalue weighted by molar-refractivity contribution is 1.67. The molecule has 3 rings (SSSR count). The molecule has 1 nitrogen and oxygen atoms in total. The Morgan fingerprint density at radius 1 is 1.06 bits per heavy atom. The Bertz CT molecular complexity index is 587. The molecule has 16 heavy (non-hydrogen) atoms. The summed E-state index contributed by atoms with van der Waals surface area (Å²) in [4.78, 5) is 5.68. The van der Waals surface area contributed by atoms with E-state index in [4.69, 9.17) is 0 Å². The van der Waals surface area contributed by atoms with Crippen molar-refractivity contribution in [3.63, 3.8) is 0 Å². The standard InChI is InChI=1S/C13H9NS2/c1-2-6-12-10(4-1)8-13(16-12)14-9-11-5-3-7-15-11/h1-9H/b14-9-. The van der Waals surface area contributed by atoms with E-state index in [1.54, 1.807) is 22.7 Å². The molecule has 0 radical (unpaired) electrons. The number of hydrogen-bond acceptors (Lipinski definition) is 3. The van der Waals surface area contributed by atoms with Gasteiger partial charge in [0.2, 0.25) is 0 Å². The van der Waals surface area contributed by atoms with Gasteiger partial charge in [-0.2, -0.15) is 0 Å². The summed E-state index contributed by atoms with van der Waals surface area (Å²) >= 11 is 3.43. The van der Waals surface area contributed by atoms with Crippen molar-refractivity contribution in [3.05, 3.63) is 52.7 Å². The Balaban J connectivity index is 1.95. The van der Waals surface area contributed by atoms with Crippen molar-refractivity contribution in [1.82, 2.24) is 0 Å². The first-order chi connectivity index (χ1) is 7.92. The van der Waals surface area contributed by atoms with Crippen LogP contribution in [0.4, 0.5) is 5.00 Å². The van der Waals surface area contributed by atoms with Gasteiger partial charge in [-0.1, -0.05) is 24.3 Å². The first kappa shape index (κ1) is 9.75. The molecule has 0 bridgehead atoms. The smallest absolute Gasteiger partial charge is 0.117 e. The van der Waals surface area contributed by atoms with E-state index in [1.807, 2.05) is 12.3 Å². The molecule has 0 fully saturated rings. The third kappa shape index (κ3) is 1.92. The van der Waals surface area contributed by atoms with Gasteiger partial charge in [0.1, 0.15) is 5.00 Å². The highest BCUT2D eigenvalue weighted by Gasteiger charge is 1.98. The largest absolute Gasteiger partial charge is 0.245 e. The second kappa shape index (κ2) is 4.20. The molecular formula is C13H9NS2. The van der Waals surface area contributed by atoms with Crippen molar-refractivity contribution in [2.24, 2.45) is 4.99 Å². The van der Waals surface area contributed by atoms with Gasteiger partial charge in [-0.3, -0.25) is 0 Å².